The molecule has 24 heavy (non-hydrogen) atoms. The fourth-order valence-corrected chi connectivity index (χ4v) is 2.15. The molecule has 1 aromatic heterocycles. The molecule has 0 unspecified atom stereocenters. The highest BCUT2D eigenvalue weighted by Crippen LogP contribution is 2.18. The van der Waals surface area contributed by atoms with Crippen molar-refractivity contribution in [1.82, 2.24) is 15.0 Å². The van der Waals surface area contributed by atoms with Crippen LogP contribution in [-0.2, 0) is 19.5 Å². The normalized spacial score (nSPS) is 11.6. The summed E-state index contributed by atoms with van der Waals surface area (Å²) in [6.07, 6.45) is -3.77. The molecule has 0 bridgehead atoms. The van der Waals surface area contributed by atoms with E-state index in [0.29, 0.717) is 6.42 Å². The van der Waals surface area contributed by atoms with E-state index in [-0.39, 0.29) is 43.8 Å². The van der Waals surface area contributed by atoms with Crippen LogP contribution in [0.15, 0.2) is 28.8 Å². The van der Waals surface area contributed by atoms with Crippen LogP contribution in [0.3, 0.4) is 0 Å². The molecule has 0 aliphatic carbocycles. The molecule has 0 spiro atoms. The first-order valence-corrected chi connectivity index (χ1v) is 7.22. The van der Waals surface area contributed by atoms with Gasteiger partial charge in [0, 0.05) is 6.54 Å². The van der Waals surface area contributed by atoms with E-state index in [1.807, 2.05) is 31.2 Å². The van der Waals surface area contributed by atoms with Gasteiger partial charge in [-0.1, -0.05) is 35.0 Å². The molecule has 0 saturated heterocycles. The Labute approximate surface area is 144 Å². The maximum atomic E-state index is 12.7. The van der Waals surface area contributed by atoms with Gasteiger partial charge in [0.05, 0.1) is 19.6 Å². The van der Waals surface area contributed by atoms with Gasteiger partial charge in [0.2, 0.25) is 5.89 Å². The van der Waals surface area contributed by atoms with Crippen LogP contribution < -0.4 is 5.73 Å². The van der Waals surface area contributed by atoms with Crippen LogP contribution in [0, 0.1) is 6.92 Å². The maximum Gasteiger partial charge on any atom is 0.401 e. The zero-order valence-corrected chi connectivity index (χ0v) is 14.0. The van der Waals surface area contributed by atoms with Crippen LogP contribution in [0.4, 0.5) is 13.2 Å². The van der Waals surface area contributed by atoms with Crippen molar-refractivity contribution in [2.45, 2.75) is 32.6 Å². The predicted octanol–water partition coefficient (Wildman–Crippen LogP) is 2.87. The summed E-state index contributed by atoms with van der Waals surface area (Å²) in [5.74, 6) is 0.420. The molecular formula is C15H20ClF3N4O. The Bertz CT molecular complexity index is 616. The Morgan fingerprint density at radius 3 is 2.42 bits per heavy atom. The van der Waals surface area contributed by atoms with Gasteiger partial charge in [0.15, 0.2) is 5.82 Å². The molecule has 134 valence electrons. The summed E-state index contributed by atoms with van der Waals surface area (Å²) in [5, 5.41) is 3.65. The third-order valence-electron chi connectivity index (χ3n) is 3.29. The molecule has 0 amide bonds. The van der Waals surface area contributed by atoms with Gasteiger partial charge in [-0.05, 0) is 18.9 Å². The molecule has 2 rings (SSSR count). The van der Waals surface area contributed by atoms with Crippen molar-refractivity contribution < 1.29 is 17.7 Å². The SMILES string of the molecule is Cc1ccc(CCN(Cc2noc(CN)n2)CC(F)(F)F)cc1.Cl. The van der Waals surface area contributed by atoms with Gasteiger partial charge < -0.3 is 10.3 Å². The molecule has 1 heterocycles. The van der Waals surface area contributed by atoms with Crippen molar-refractivity contribution in [3.05, 3.63) is 47.1 Å². The predicted molar refractivity (Wildman–Crippen MR) is 85.7 cm³/mol. The second-order valence-electron chi connectivity index (χ2n) is 5.37. The summed E-state index contributed by atoms with van der Waals surface area (Å²) < 4.78 is 43.0. The number of alkyl halides is 3. The molecule has 0 radical (unpaired) electrons. The summed E-state index contributed by atoms with van der Waals surface area (Å²) in [6.45, 7) is 1.22. The van der Waals surface area contributed by atoms with E-state index in [4.69, 9.17) is 10.3 Å². The molecule has 0 atom stereocenters. The van der Waals surface area contributed by atoms with Crippen LogP contribution in [0.1, 0.15) is 22.8 Å². The molecule has 0 aliphatic rings. The lowest BCUT2D eigenvalue weighted by Gasteiger charge is -2.22. The van der Waals surface area contributed by atoms with Crippen molar-refractivity contribution >= 4 is 12.4 Å². The van der Waals surface area contributed by atoms with E-state index >= 15 is 0 Å². The Kier molecular flexibility index (Phi) is 7.65. The lowest BCUT2D eigenvalue weighted by molar-refractivity contribution is -0.147. The highest BCUT2D eigenvalue weighted by molar-refractivity contribution is 5.85. The van der Waals surface area contributed by atoms with Crippen LogP contribution in [0.25, 0.3) is 0 Å². The monoisotopic (exact) mass is 364 g/mol. The minimum atomic E-state index is -4.28. The number of nitrogens with zero attached hydrogens (tertiary/aromatic N) is 3. The first-order chi connectivity index (χ1) is 10.9. The molecule has 5 nitrogen and oxygen atoms in total. The van der Waals surface area contributed by atoms with E-state index in [0.717, 1.165) is 11.1 Å². The summed E-state index contributed by atoms with van der Waals surface area (Å²) >= 11 is 0. The van der Waals surface area contributed by atoms with Gasteiger partial charge in [0.1, 0.15) is 0 Å². The molecule has 0 fully saturated rings. The van der Waals surface area contributed by atoms with Crippen molar-refractivity contribution in [1.29, 1.82) is 0 Å². The first-order valence-electron chi connectivity index (χ1n) is 7.22. The van der Waals surface area contributed by atoms with Gasteiger partial charge in [0.25, 0.3) is 0 Å². The number of benzene rings is 1. The Balaban J connectivity index is 0.00000288. The third kappa shape index (κ3) is 6.86. The molecular weight excluding hydrogens is 345 g/mol. The Morgan fingerprint density at radius 2 is 1.88 bits per heavy atom. The summed E-state index contributed by atoms with van der Waals surface area (Å²) in [4.78, 5) is 5.21. The minimum Gasteiger partial charge on any atom is -0.338 e. The van der Waals surface area contributed by atoms with Crippen LogP contribution in [0.2, 0.25) is 0 Å². The Hall–Kier alpha value is -1.64. The topological polar surface area (TPSA) is 68.2 Å². The molecule has 1 aromatic carbocycles. The first kappa shape index (κ1) is 20.4. The standard InChI is InChI=1S/C15H19F3N4O.ClH/c1-11-2-4-12(5-3-11)6-7-22(10-15(16,17)18)9-13-20-14(8-19)23-21-13;/h2-5H,6-10,19H2,1H3;1H. The van der Waals surface area contributed by atoms with E-state index < -0.39 is 12.7 Å². The number of hydrogen-bond donors (Lipinski definition) is 1. The highest BCUT2D eigenvalue weighted by Gasteiger charge is 2.31. The van der Waals surface area contributed by atoms with Crippen LogP contribution in [0.5, 0.6) is 0 Å². The molecule has 9 heteroatoms. The largest absolute Gasteiger partial charge is 0.401 e. The maximum absolute atomic E-state index is 12.7. The zero-order chi connectivity index (χ0) is 16.9. The Morgan fingerprint density at radius 1 is 1.21 bits per heavy atom. The minimum absolute atomic E-state index is 0. The molecule has 2 N–H and O–H groups in total. The number of hydrogen-bond acceptors (Lipinski definition) is 5. The molecule has 0 saturated carbocycles. The van der Waals surface area contributed by atoms with Crippen molar-refractivity contribution in [2.75, 3.05) is 13.1 Å². The van der Waals surface area contributed by atoms with Gasteiger partial charge in [-0.2, -0.15) is 18.2 Å². The second-order valence-corrected chi connectivity index (χ2v) is 5.37. The summed E-state index contributed by atoms with van der Waals surface area (Å²) in [6, 6.07) is 7.72. The summed E-state index contributed by atoms with van der Waals surface area (Å²) in [7, 11) is 0. The van der Waals surface area contributed by atoms with Gasteiger partial charge in [-0.25, -0.2) is 0 Å². The van der Waals surface area contributed by atoms with Crippen LogP contribution >= 0.6 is 12.4 Å². The van der Waals surface area contributed by atoms with Crippen molar-refractivity contribution in [3.8, 4) is 0 Å². The van der Waals surface area contributed by atoms with Gasteiger partial charge in [-0.15, -0.1) is 12.4 Å². The third-order valence-corrected chi connectivity index (χ3v) is 3.29. The fraction of sp³-hybridized carbons (Fsp3) is 0.467. The van der Waals surface area contributed by atoms with Crippen molar-refractivity contribution in [2.24, 2.45) is 5.73 Å². The lowest BCUT2D eigenvalue weighted by atomic mass is 10.1. The number of nitrogens with two attached hydrogens (primary N) is 1. The number of aryl methyl sites for hydroxylation is 1. The number of aromatic nitrogens is 2. The van der Waals surface area contributed by atoms with Crippen molar-refractivity contribution in [3.63, 3.8) is 0 Å². The highest BCUT2D eigenvalue weighted by atomic mass is 35.5. The fourth-order valence-electron chi connectivity index (χ4n) is 2.15. The average Bonchev–Trinajstić information content (AvgIpc) is 2.92. The van der Waals surface area contributed by atoms with Crippen LogP contribution in [-0.4, -0.2) is 34.3 Å². The van der Waals surface area contributed by atoms with E-state index in [9.17, 15) is 13.2 Å². The lowest BCUT2D eigenvalue weighted by Crippen LogP contribution is -2.35. The second kappa shape index (κ2) is 9.00. The van der Waals surface area contributed by atoms with E-state index in [1.54, 1.807) is 0 Å². The van der Waals surface area contributed by atoms with Gasteiger partial charge >= 0.3 is 6.18 Å². The molecule has 0 aliphatic heterocycles. The quantitative estimate of drug-likeness (QED) is 0.818. The number of halogens is 4. The number of rotatable bonds is 7. The summed E-state index contributed by atoms with van der Waals surface area (Å²) in [5.41, 5.74) is 7.45. The van der Waals surface area contributed by atoms with E-state index in [2.05, 4.69) is 10.1 Å². The van der Waals surface area contributed by atoms with E-state index in [1.165, 1.54) is 4.90 Å². The van der Waals surface area contributed by atoms with Gasteiger partial charge in [-0.3, -0.25) is 4.90 Å². The smallest absolute Gasteiger partial charge is 0.338 e. The molecule has 2 aromatic rings. The average molecular weight is 365 g/mol. The zero-order valence-electron chi connectivity index (χ0n) is 13.2.